The molecule has 0 radical (unpaired) electrons. The molecular weight excluding hydrogens is 242 g/mol. The van der Waals surface area contributed by atoms with Crippen LogP contribution in [0.1, 0.15) is 63.1 Å². The van der Waals surface area contributed by atoms with Crippen molar-refractivity contribution >= 4 is 11.6 Å². The van der Waals surface area contributed by atoms with Crippen molar-refractivity contribution in [1.29, 1.82) is 0 Å². The van der Waals surface area contributed by atoms with Crippen LogP contribution in [0.3, 0.4) is 0 Å². The third-order valence-corrected chi connectivity index (χ3v) is 4.14. The zero-order valence-electron chi connectivity index (χ0n) is 11.5. The molecule has 1 nitrogen and oxygen atoms in total. The maximum absolute atomic E-state index is 6.04. The van der Waals surface area contributed by atoms with Crippen molar-refractivity contribution in [3.8, 4) is 0 Å². The van der Waals surface area contributed by atoms with Crippen LogP contribution in [0.2, 0.25) is 5.02 Å². The Bertz CT molecular complexity index is 389. The fraction of sp³-hybridized carbons (Fsp3) is 0.625. The monoisotopic (exact) mass is 265 g/mol. The van der Waals surface area contributed by atoms with Gasteiger partial charge >= 0.3 is 0 Å². The minimum Gasteiger partial charge on any atom is -0.307 e. The van der Waals surface area contributed by atoms with Crippen LogP contribution in [-0.4, -0.2) is 6.04 Å². The van der Waals surface area contributed by atoms with Crippen LogP contribution >= 0.6 is 11.6 Å². The van der Waals surface area contributed by atoms with Gasteiger partial charge in [-0.1, -0.05) is 43.9 Å². The first kappa shape index (κ1) is 13.9. The number of fused-ring (bicyclic) bond motifs is 1. The summed E-state index contributed by atoms with van der Waals surface area (Å²) in [7, 11) is 0. The molecule has 0 amide bonds. The minimum atomic E-state index is 0.536. The normalized spacial score (nSPS) is 19.8. The Morgan fingerprint density at radius 3 is 3.00 bits per heavy atom. The Kier molecular flexibility index (Phi) is 5.08. The number of hydrogen-bond donors (Lipinski definition) is 1. The van der Waals surface area contributed by atoms with Gasteiger partial charge in [0.15, 0.2) is 0 Å². The Balaban J connectivity index is 1.89. The zero-order valence-corrected chi connectivity index (χ0v) is 12.3. The van der Waals surface area contributed by atoms with Crippen LogP contribution < -0.4 is 5.32 Å². The topological polar surface area (TPSA) is 12.0 Å². The number of nitrogens with one attached hydrogen (secondary N) is 1. The van der Waals surface area contributed by atoms with Gasteiger partial charge in [0.2, 0.25) is 0 Å². The van der Waals surface area contributed by atoms with Crippen LogP contribution in [0.15, 0.2) is 18.2 Å². The van der Waals surface area contributed by atoms with E-state index < -0.39 is 0 Å². The van der Waals surface area contributed by atoms with E-state index in [9.17, 15) is 0 Å². The summed E-state index contributed by atoms with van der Waals surface area (Å²) in [6.45, 7) is 4.57. The molecule has 2 heteroatoms. The van der Waals surface area contributed by atoms with E-state index in [0.29, 0.717) is 12.1 Å². The summed E-state index contributed by atoms with van der Waals surface area (Å²) in [6, 6.07) is 7.49. The highest BCUT2D eigenvalue weighted by atomic mass is 35.5. The average molecular weight is 266 g/mol. The molecule has 0 heterocycles. The molecule has 1 N–H and O–H groups in total. The standard InChI is InChI=1S/C16H24ClN/c1-3-4-5-6-12(2)18-16-10-7-13-11-14(17)8-9-15(13)16/h8-9,11-12,16,18H,3-7,10H2,1-2H3. The fourth-order valence-electron chi connectivity index (χ4n) is 2.89. The van der Waals surface area contributed by atoms with E-state index in [-0.39, 0.29) is 0 Å². The summed E-state index contributed by atoms with van der Waals surface area (Å²) < 4.78 is 0. The summed E-state index contributed by atoms with van der Waals surface area (Å²) in [4.78, 5) is 0. The van der Waals surface area contributed by atoms with Gasteiger partial charge in [-0.25, -0.2) is 0 Å². The summed E-state index contributed by atoms with van der Waals surface area (Å²) in [5.41, 5.74) is 2.89. The molecule has 0 fully saturated rings. The van der Waals surface area contributed by atoms with Crippen molar-refractivity contribution in [2.45, 2.75) is 64.5 Å². The second-order valence-corrected chi connectivity index (χ2v) is 5.93. The molecular formula is C16H24ClN. The van der Waals surface area contributed by atoms with Gasteiger partial charge in [-0.3, -0.25) is 0 Å². The molecule has 0 aromatic heterocycles. The number of hydrogen-bond acceptors (Lipinski definition) is 1. The predicted octanol–water partition coefficient (Wildman–Crippen LogP) is 4.89. The van der Waals surface area contributed by atoms with Gasteiger partial charge in [-0.15, -0.1) is 0 Å². The molecule has 0 bridgehead atoms. The van der Waals surface area contributed by atoms with Crippen molar-refractivity contribution in [2.24, 2.45) is 0 Å². The largest absolute Gasteiger partial charge is 0.307 e. The Hall–Kier alpha value is -0.530. The molecule has 0 aliphatic heterocycles. The highest BCUT2D eigenvalue weighted by Gasteiger charge is 2.23. The minimum absolute atomic E-state index is 0.536. The highest BCUT2D eigenvalue weighted by Crippen LogP contribution is 2.33. The molecule has 2 rings (SSSR count). The number of rotatable bonds is 6. The van der Waals surface area contributed by atoms with Gasteiger partial charge in [-0.2, -0.15) is 0 Å². The van der Waals surface area contributed by atoms with Gasteiger partial charge < -0.3 is 5.32 Å². The first-order valence-corrected chi connectivity index (χ1v) is 7.63. The van der Waals surface area contributed by atoms with Crippen molar-refractivity contribution < 1.29 is 0 Å². The average Bonchev–Trinajstić information content (AvgIpc) is 2.72. The van der Waals surface area contributed by atoms with Crippen LogP contribution in [0.4, 0.5) is 0 Å². The van der Waals surface area contributed by atoms with E-state index in [2.05, 4.69) is 31.3 Å². The van der Waals surface area contributed by atoms with E-state index in [1.807, 2.05) is 6.07 Å². The molecule has 0 saturated heterocycles. The molecule has 1 aliphatic rings. The summed E-state index contributed by atoms with van der Waals surface area (Å²) >= 11 is 6.04. The molecule has 1 aliphatic carbocycles. The van der Waals surface area contributed by atoms with Gasteiger partial charge in [0.1, 0.15) is 0 Å². The Labute approximate surface area is 116 Å². The third kappa shape index (κ3) is 3.49. The predicted molar refractivity (Wildman–Crippen MR) is 79.3 cm³/mol. The molecule has 18 heavy (non-hydrogen) atoms. The lowest BCUT2D eigenvalue weighted by Crippen LogP contribution is -2.29. The first-order chi connectivity index (χ1) is 8.70. The quantitative estimate of drug-likeness (QED) is 0.723. The zero-order chi connectivity index (χ0) is 13.0. The van der Waals surface area contributed by atoms with Crippen molar-refractivity contribution in [3.63, 3.8) is 0 Å². The SMILES string of the molecule is CCCCCC(C)NC1CCc2cc(Cl)ccc21. The smallest absolute Gasteiger partial charge is 0.0408 e. The second kappa shape index (κ2) is 6.58. The van der Waals surface area contributed by atoms with E-state index in [1.165, 1.54) is 43.2 Å². The Morgan fingerprint density at radius 2 is 2.22 bits per heavy atom. The van der Waals surface area contributed by atoms with Crippen LogP contribution in [0, 0.1) is 0 Å². The number of benzene rings is 1. The Morgan fingerprint density at radius 1 is 1.39 bits per heavy atom. The van der Waals surface area contributed by atoms with Crippen molar-refractivity contribution in [1.82, 2.24) is 5.32 Å². The van der Waals surface area contributed by atoms with Crippen LogP contribution in [-0.2, 0) is 6.42 Å². The first-order valence-electron chi connectivity index (χ1n) is 7.25. The van der Waals surface area contributed by atoms with E-state index in [1.54, 1.807) is 0 Å². The van der Waals surface area contributed by atoms with Gasteiger partial charge in [0.25, 0.3) is 0 Å². The van der Waals surface area contributed by atoms with E-state index >= 15 is 0 Å². The lowest BCUT2D eigenvalue weighted by molar-refractivity contribution is 0.421. The third-order valence-electron chi connectivity index (χ3n) is 3.91. The van der Waals surface area contributed by atoms with E-state index in [0.717, 1.165) is 11.4 Å². The number of aryl methyl sites for hydroxylation is 1. The van der Waals surface area contributed by atoms with Gasteiger partial charge in [0.05, 0.1) is 0 Å². The fourth-order valence-corrected chi connectivity index (χ4v) is 3.08. The summed E-state index contributed by atoms with van der Waals surface area (Å²) in [5.74, 6) is 0. The van der Waals surface area contributed by atoms with Gasteiger partial charge in [0, 0.05) is 17.1 Å². The number of unbranched alkanes of at least 4 members (excludes halogenated alkanes) is 2. The van der Waals surface area contributed by atoms with E-state index in [4.69, 9.17) is 11.6 Å². The lowest BCUT2D eigenvalue weighted by atomic mass is 10.1. The molecule has 0 saturated carbocycles. The highest BCUT2D eigenvalue weighted by molar-refractivity contribution is 6.30. The summed E-state index contributed by atoms with van der Waals surface area (Å²) in [6.07, 6.45) is 7.65. The second-order valence-electron chi connectivity index (χ2n) is 5.50. The molecule has 2 atom stereocenters. The van der Waals surface area contributed by atoms with Gasteiger partial charge in [-0.05, 0) is 49.4 Å². The molecule has 2 unspecified atom stereocenters. The number of halogens is 1. The lowest BCUT2D eigenvalue weighted by Gasteiger charge is -2.20. The molecule has 1 aromatic rings. The van der Waals surface area contributed by atoms with Crippen LogP contribution in [0.5, 0.6) is 0 Å². The maximum atomic E-state index is 6.04. The molecule has 100 valence electrons. The van der Waals surface area contributed by atoms with Crippen molar-refractivity contribution in [2.75, 3.05) is 0 Å². The van der Waals surface area contributed by atoms with Crippen LogP contribution in [0.25, 0.3) is 0 Å². The molecule has 0 spiro atoms. The maximum Gasteiger partial charge on any atom is 0.0408 e. The van der Waals surface area contributed by atoms with Crippen molar-refractivity contribution in [3.05, 3.63) is 34.3 Å². The summed E-state index contributed by atoms with van der Waals surface area (Å²) in [5, 5.41) is 4.64. The molecule has 1 aromatic carbocycles.